The monoisotopic (exact) mass is 201 g/mol. The second-order valence-corrected chi connectivity index (χ2v) is 3.30. The fourth-order valence-corrected chi connectivity index (χ4v) is 1.44. The molecule has 0 amide bonds. The third kappa shape index (κ3) is 1.74. The summed E-state index contributed by atoms with van der Waals surface area (Å²) < 4.78 is 1.83. The van der Waals surface area contributed by atoms with Crippen LogP contribution in [0.4, 0.5) is 5.69 Å². The molecule has 0 aliphatic carbocycles. The molecule has 0 radical (unpaired) electrons. The van der Waals surface area contributed by atoms with Crippen LogP contribution in [0.3, 0.4) is 0 Å². The molecule has 1 aromatic carbocycles. The zero-order valence-corrected chi connectivity index (χ0v) is 8.34. The molecule has 0 atom stereocenters. The molecular weight excluding hydrogens is 190 g/mol. The van der Waals surface area contributed by atoms with Gasteiger partial charge in [0.1, 0.15) is 0 Å². The number of rotatable bonds is 2. The predicted octanol–water partition coefficient (Wildman–Crippen LogP) is 1.66. The minimum Gasteiger partial charge on any atom is -0.398 e. The van der Waals surface area contributed by atoms with E-state index in [1.165, 1.54) is 6.92 Å². The highest BCUT2D eigenvalue weighted by Gasteiger charge is 2.05. The van der Waals surface area contributed by atoms with Gasteiger partial charge in [0, 0.05) is 29.3 Å². The van der Waals surface area contributed by atoms with E-state index in [2.05, 4.69) is 4.98 Å². The summed E-state index contributed by atoms with van der Waals surface area (Å²) in [5, 5.41) is 0. The fraction of sp³-hybridized carbons (Fsp3) is 0.0909. The number of ketones is 1. The lowest BCUT2D eigenvalue weighted by atomic mass is 10.1. The van der Waals surface area contributed by atoms with Crippen molar-refractivity contribution >= 4 is 11.5 Å². The number of anilines is 1. The zero-order chi connectivity index (χ0) is 10.8. The van der Waals surface area contributed by atoms with Crippen molar-refractivity contribution in [3.05, 3.63) is 42.5 Å². The Bertz CT molecular complexity index is 489. The van der Waals surface area contributed by atoms with Crippen LogP contribution in [-0.2, 0) is 0 Å². The number of Topliss-reactive ketones (excluding diaryl/α,β-unsaturated/α-hetero) is 1. The lowest BCUT2D eigenvalue weighted by Crippen LogP contribution is -2.01. The molecule has 1 aromatic heterocycles. The van der Waals surface area contributed by atoms with Crippen LogP contribution in [0.1, 0.15) is 17.3 Å². The number of nitrogens with zero attached hydrogens (tertiary/aromatic N) is 2. The summed E-state index contributed by atoms with van der Waals surface area (Å²) in [5.41, 5.74) is 7.72. The van der Waals surface area contributed by atoms with Gasteiger partial charge in [0.25, 0.3) is 0 Å². The molecule has 2 rings (SSSR count). The minimum atomic E-state index is -0.0234. The normalized spacial score (nSPS) is 10.2. The third-order valence-corrected chi connectivity index (χ3v) is 2.22. The van der Waals surface area contributed by atoms with Crippen molar-refractivity contribution in [2.45, 2.75) is 6.92 Å². The van der Waals surface area contributed by atoms with Crippen molar-refractivity contribution in [3.63, 3.8) is 0 Å². The number of nitrogen functional groups attached to an aromatic ring is 1. The van der Waals surface area contributed by atoms with E-state index in [1.807, 2.05) is 16.8 Å². The van der Waals surface area contributed by atoms with Gasteiger partial charge >= 0.3 is 0 Å². The van der Waals surface area contributed by atoms with Gasteiger partial charge in [-0.3, -0.25) is 4.79 Å². The summed E-state index contributed by atoms with van der Waals surface area (Å²) in [6, 6.07) is 5.33. The molecule has 0 saturated heterocycles. The number of hydrogen-bond donors (Lipinski definition) is 1. The molecule has 0 fully saturated rings. The van der Waals surface area contributed by atoms with Gasteiger partial charge in [0.15, 0.2) is 5.78 Å². The van der Waals surface area contributed by atoms with Crippen molar-refractivity contribution in [2.24, 2.45) is 0 Å². The molecule has 0 aliphatic heterocycles. The van der Waals surface area contributed by atoms with E-state index in [9.17, 15) is 4.79 Å². The number of aromatic nitrogens is 2. The largest absolute Gasteiger partial charge is 0.398 e. The summed E-state index contributed by atoms with van der Waals surface area (Å²) in [5.74, 6) is -0.0234. The number of hydrogen-bond acceptors (Lipinski definition) is 3. The van der Waals surface area contributed by atoms with E-state index in [0.29, 0.717) is 11.3 Å². The van der Waals surface area contributed by atoms with E-state index < -0.39 is 0 Å². The Morgan fingerprint density at radius 1 is 1.47 bits per heavy atom. The number of carbonyl (C=O) groups is 1. The molecule has 1 heterocycles. The molecule has 15 heavy (non-hydrogen) atoms. The van der Waals surface area contributed by atoms with Crippen molar-refractivity contribution in [1.29, 1.82) is 0 Å². The summed E-state index contributed by atoms with van der Waals surface area (Å²) in [4.78, 5) is 15.1. The molecule has 0 aliphatic rings. The minimum absolute atomic E-state index is 0.0234. The van der Waals surface area contributed by atoms with Crippen LogP contribution >= 0.6 is 0 Å². The third-order valence-electron chi connectivity index (χ3n) is 2.22. The lowest BCUT2D eigenvalue weighted by molar-refractivity contribution is 0.101. The number of imidazole rings is 1. The first-order valence-electron chi connectivity index (χ1n) is 4.57. The fourth-order valence-electron chi connectivity index (χ4n) is 1.44. The first kappa shape index (κ1) is 9.45. The molecule has 0 spiro atoms. The average molecular weight is 201 g/mol. The van der Waals surface area contributed by atoms with E-state index >= 15 is 0 Å². The Balaban J connectivity index is 2.47. The van der Waals surface area contributed by atoms with E-state index in [1.54, 1.807) is 24.7 Å². The van der Waals surface area contributed by atoms with Gasteiger partial charge < -0.3 is 10.3 Å². The molecule has 4 heteroatoms. The molecule has 0 saturated carbocycles. The second kappa shape index (κ2) is 3.57. The maximum absolute atomic E-state index is 11.2. The van der Waals surface area contributed by atoms with Gasteiger partial charge in [-0.2, -0.15) is 0 Å². The number of nitrogens with two attached hydrogens (primary N) is 1. The summed E-state index contributed by atoms with van der Waals surface area (Å²) in [7, 11) is 0. The quantitative estimate of drug-likeness (QED) is 0.593. The molecule has 2 aromatic rings. The van der Waals surface area contributed by atoms with Crippen LogP contribution in [0.25, 0.3) is 5.69 Å². The second-order valence-electron chi connectivity index (χ2n) is 3.30. The van der Waals surface area contributed by atoms with Gasteiger partial charge in [0.2, 0.25) is 0 Å². The highest BCUT2D eigenvalue weighted by molar-refractivity contribution is 5.99. The van der Waals surface area contributed by atoms with Crippen LogP contribution in [-0.4, -0.2) is 15.3 Å². The van der Waals surface area contributed by atoms with Crippen molar-refractivity contribution in [3.8, 4) is 5.69 Å². The lowest BCUT2D eigenvalue weighted by Gasteiger charge is -2.06. The van der Waals surface area contributed by atoms with Crippen molar-refractivity contribution in [1.82, 2.24) is 9.55 Å². The van der Waals surface area contributed by atoms with Gasteiger partial charge in [-0.15, -0.1) is 0 Å². The van der Waals surface area contributed by atoms with Crippen molar-refractivity contribution in [2.75, 3.05) is 5.73 Å². The molecular formula is C11H11N3O. The van der Waals surface area contributed by atoms with Crippen LogP contribution in [0, 0.1) is 0 Å². The zero-order valence-electron chi connectivity index (χ0n) is 8.34. The summed E-state index contributed by atoms with van der Waals surface area (Å²) in [6.45, 7) is 1.50. The van der Waals surface area contributed by atoms with Crippen LogP contribution < -0.4 is 5.73 Å². The van der Waals surface area contributed by atoms with Crippen molar-refractivity contribution < 1.29 is 4.79 Å². The van der Waals surface area contributed by atoms with Gasteiger partial charge in [-0.1, -0.05) is 0 Å². The Morgan fingerprint density at radius 2 is 2.27 bits per heavy atom. The standard InChI is InChI=1S/C11H11N3O/c1-8(15)10-3-2-9(6-11(10)12)14-5-4-13-7-14/h2-7H,12H2,1H3. The molecule has 0 unspecified atom stereocenters. The maximum atomic E-state index is 11.2. The maximum Gasteiger partial charge on any atom is 0.161 e. The van der Waals surface area contributed by atoms with Crippen LogP contribution in [0.2, 0.25) is 0 Å². The Labute approximate surface area is 87.4 Å². The molecule has 2 N–H and O–H groups in total. The van der Waals surface area contributed by atoms with Gasteiger partial charge in [-0.25, -0.2) is 4.98 Å². The summed E-state index contributed by atoms with van der Waals surface area (Å²) in [6.07, 6.45) is 5.19. The Kier molecular flexibility index (Phi) is 2.25. The van der Waals surface area contributed by atoms with E-state index in [-0.39, 0.29) is 5.78 Å². The highest BCUT2D eigenvalue weighted by Crippen LogP contribution is 2.17. The number of benzene rings is 1. The average Bonchev–Trinajstić information content (AvgIpc) is 2.69. The highest BCUT2D eigenvalue weighted by atomic mass is 16.1. The van der Waals surface area contributed by atoms with Gasteiger partial charge in [0.05, 0.1) is 6.33 Å². The SMILES string of the molecule is CC(=O)c1ccc(-n2ccnc2)cc1N. The molecule has 0 bridgehead atoms. The summed E-state index contributed by atoms with van der Waals surface area (Å²) >= 11 is 0. The van der Waals surface area contributed by atoms with Gasteiger partial charge in [-0.05, 0) is 25.1 Å². The smallest absolute Gasteiger partial charge is 0.161 e. The first-order chi connectivity index (χ1) is 7.18. The molecule has 76 valence electrons. The van der Waals surface area contributed by atoms with Crippen LogP contribution in [0.15, 0.2) is 36.9 Å². The Hall–Kier alpha value is -2.10. The van der Waals surface area contributed by atoms with E-state index in [4.69, 9.17) is 5.73 Å². The first-order valence-corrected chi connectivity index (χ1v) is 4.57. The topological polar surface area (TPSA) is 60.9 Å². The predicted molar refractivity (Wildman–Crippen MR) is 58.0 cm³/mol. The van der Waals surface area contributed by atoms with E-state index in [0.717, 1.165) is 5.69 Å². The number of carbonyl (C=O) groups excluding carboxylic acids is 1. The molecule has 4 nitrogen and oxygen atoms in total. The van der Waals surface area contributed by atoms with Crippen LogP contribution in [0.5, 0.6) is 0 Å². The Morgan fingerprint density at radius 3 is 2.80 bits per heavy atom.